The van der Waals surface area contributed by atoms with Crippen molar-refractivity contribution in [3.63, 3.8) is 0 Å². The molecular formula is C21H29N2O3+. The van der Waals surface area contributed by atoms with Crippen molar-refractivity contribution in [2.75, 3.05) is 14.2 Å². The molecule has 2 atom stereocenters. The van der Waals surface area contributed by atoms with Crippen LogP contribution in [0.25, 0.3) is 0 Å². The van der Waals surface area contributed by atoms with Gasteiger partial charge in [0.25, 0.3) is 0 Å². The van der Waals surface area contributed by atoms with E-state index in [2.05, 4.69) is 11.1 Å². The number of hydrogen-bond donors (Lipinski definition) is 2. The SMILES string of the molecule is COc1ccc(C)cc1C[NH+](C)[C@H](C)C(=O)c1[nH]c(C)c(C(C)=O)c1C. The number of hydrogen-bond acceptors (Lipinski definition) is 3. The minimum absolute atomic E-state index is 0.0159. The van der Waals surface area contributed by atoms with E-state index < -0.39 is 0 Å². The summed E-state index contributed by atoms with van der Waals surface area (Å²) in [5.74, 6) is 0.829. The number of likely N-dealkylation sites (N-methyl/N-ethyl adjacent to an activating group) is 1. The monoisotopic (exact) mass is 357 g/mol. The third-order valence-electron chi connectivity index (χ3n) is 5.07. The molecule has 5 nitrogen and oxygen atoms in total. The lowest BCUT2D eigenvalue weighted by Crippen LogP contribution is -3.12. The fourth-order valence-electron chi connectivity index (χ4n) is 3.46. The molecule has 0 saturated carbocycles. The van der Waals surface area contributed by atoms with E-state index in [1.807, 2.05) is 46.9 Å². The number of aryl methyl sites for hydroxylation is 2. The molecule has 0 amide bonds. The highest BCUT2D eigenvalue weighted by atomic mass is 16.5. The molecule has 0 aliphatic heterocycles. The number of H-pyrrole nitrogens is 1. The van der Waals surface area contributed by atoms with E-state index in [1.54, 1.807) is 7.11 Å². The number of ketones is 2. The molecule has 140 valence electrons. The highest BCUT2D eigenvalue weighted by molar-refractivity contribution is 6.04. The van der Waals surface area contributed by atoms with Gasteiger partial charge in [0, 0.05) is 16.8 Å². The maximum absolute atomic E-state index is 13.0. The van der Waals surface area contributed by atoms with Gasteiger partial charge in [-0.1, -0.05) is 11.6 Å². The van der Waals surface area contributed by atoms with E-state index in [0.717, 1.165) is 33.0 Å². The topological polar surface area (TPSA) is 63.6 Å². The number of carbonyl (C=O) groups excluding carboxylic acids is 2. The molecule has 1 unspecified atom stereocenters. The molecule has 0 aliphatic rings. The Labute approximate surface area is 155 Å². The van der Waals surface area contributed by atoms with Crippen molar-refractivity contribution in [3.8, 4) is 5.75 Å². The molecular weight excluding hydrogens is 328 g/mol. The van der Waals surface area contributed by atoms with Crippen molar-refractivity contribution in [3.05, 3.63) is 51.8 Å². The number of nitrogens with one attached hydrogen (secondary N) is 2. The Bertz CT molecular complexity index is 836. The molecule has 1 aromatic carbocycles. The van der Waals surface area contributed by atoms with Crippen molar-refractivity contribution < 1.29 is 19.2 Å². The first kappa shape index (κ1) is 19.9. The van der Waals surface area contributed by atoms with E-state index in [9.17, 15) is 9.59 Å². The normalized spacial score (nSPS) is 13.3. The van der Waals surface area contributed by atoms with Crippen molar-refractivity contribution in [2.24, 2.45) is 0 Å². The number of aromatic nitrogens is 1. The molecule has 0 fully saturated rings. The third-order valence-corrected chi connectivity index (χ3v) is 5.07. The van der Waals surface area contributed by atoms with Crippen LogP contribution in [0.3, 0.4) is 0 Å². The summed E-state index contributed by atoms with van der Waals surface area (Å²) in [4.78, 5) is 29.0. The molecule has 0 bridgehead atoms. The fraction of sp³-hybridized carbons (Fsp3) is 0.429. The van der Waals surface area contributed by atoms with Crippen molar-refractivity contribution >= 4 is 11.6 Å². The zero-order valence-corrected chi connectivity index (χ0v) is 16.7. The molecule has 5 heteroatoms. The number of Topliss-reactive ketones (excluding diaryl/α,β-unsaturated/α-hetero) is 2. The first-order chi connectivity index (χ1) is 12.2. The van der Waals surface area contributed by atoms with Gasteiger partial charge in [0.1, 0.15) is 12.3 Å². The largest absolute Gasteiger partial charge is 0.496 e. The minimum atomic E-state index is -0.253. The molecule has 26 heavy (non-hydrogen) atoms. The number of rotatable bonds is 7. The first-order valence-electron chi connectivity index (χ1n) is 8.87. The van der Waals surface area contributed by atoms with Crippen LogP contribution in [-0.4, -0.2) is 36.7 Å². The number of ether oxygens (including phenoxy) is 1. The summed E-state index contributed by atoms with van der Waals surface area (Å²) >= 11 is 0. The quantitative estimate of drug-likeness (QED) is 0.748. The lowest BCUT2D eigenvalue weighted by Gasteiger charge is -2.22. The van der Waals surface area contributed by atoms with Gasteiger partial charge in [-0.2, -0.15) is 0 Å². The van der Waals surface area contributed by atoms with Crippen molar-refractivity contribution in [1.29, 1.82) is 0 Å². The third kappa shape index (κ3) is 3.88. The Morgan fingerprint density at radius 1 is 1.23 bits per heavy atom. The molecule has 2 aromatic rings. The molecule has 0 spiro atoms. The van der Waals surface area contributed by atoms with Crippen LogP contribution >= 0.6 is 0 Å². The average Bonchev–Trinajstić information content (AvgIpc) is 2.88. The van der Waals surface area contributed by atoms with Gasteiger partial charge in [-0.15, -0.1) is 0 Å². The van der Waals surface area contributed by atoms with E-state index in [0.29, 0.717) is 17.8 Å². The van der Waals surface area contributed by atoms with Crippen molar-refractivity contribution in [2.45, 2.75) is 47.2 Å². The second-order valence-corrected chi connectivity index (χ2v) is 7.11. The van der Waals surface area contributed by atoms with E-state index >= 15 is 0 Å². The molecule has 0 aliphatic carbocycles. The number of quaternary nitrogens is 1. The predicted molar refractivity (Wildman–Crippen MR) is 102 cm³/mol. The standard InChI is InChI=1S/C21H28N2O3/c1-12-8-9-18(26-7)17(10-12)11-23(6)15(4)21(25)20-13(2)19(16(5)24)14(3)22-20/h8-10,15,22H,11H2,1-7H3/p+1/t15-/m1/s1. The number of methoxy groups -OCH3 is 1. The minimum Gasteiger partial charge on any atom is -0.496 e. The maximum Gasteiger partial charge on any atom is 0.235 e. The zero-order chi connectivity index (χ0) is 19.6. The molecule has 0 radical (unpaired) electrons. The van der Waals surface area contributed by atoms with Gasteiger partial charge >= 0.3 is 0 Å². The van der Waals surface area contributed by atoms with Crippen LogP contribution in [0.5, 0.6) is 5.75 Å². The van der Waals surface area contributed by atoms with Gasteiger partial charge in [-0.3, -0.25) is 9.59 Å². The Balaban J connectivity index is 2.25. The highest BCUT2D eigenvalue weighted by Gasteiger charge is 2.28. The predicted octanol–water partition coefficient (Wildman–Crippen LogP) is 2.44. The van der Waals surface area contributed by atoms with Gasteiger partial charge in [-0.25, -0.2) is 0 Å². The van der Waals surface area contributed by atoms with Crippen LogP contribution < -0.4 is 9.64 Å². The highest BCUT2D eigenvalue weighted by Crippen LogP contribution is 2.20. The molecule has 2 N–H and O–H groups in total. The van der Waals surface area contributed by atoms with Gasteiger partial charge in [-0.05, 0) is 52.3 Å². The summed E-state index contributed by atoms with van der Waals surface area (Å²) < 4.78 is 5.45. The molecule has 1 heterocycles. The van der Waals surface area contributed by atoms with Crippen LogP contribution in [0, 0.1) is 20.8 Å². The lowest BCUT2D eigenvalue weighted by atomic mass is 10.0. The van der Waals surface area contributed by atoms with E-state index in [-0.39, 0.29) is 17.6 Å². The molecule has 1 aromatic heterocycles. The Hall–Kier alpha value is -2.40. The van der Waals surface area contributed by atoms with Gasteiger partial charge in [0.2, 0.25) is 5.78 Å². The summed E-state index contributed by atoms with van der Waals surface area (Å²) in [5.41, 5.74) is 4.90. The van der Waals surface area contributed by atoms with Crippen molar-refractivity contribution in [1.82, 2.24) is 4.98 Å². The Morgan fingerprint density at radius 2 is 1.88 bits per heavy atom. The number of aromatic amines is 1. The van der Waals surface area contributed by atoms with E-state index in [4.69, 9.17) is 4.74 Å². The lowest BCUT2D eigenvalue weighted by molar-refractivity contribution is -0.907. The van der Waals surface area contributed by atoms with E-state index in [1.165, 1.54) is 6.92 Å². The second kappa shape index (κ2) is 7.87. The summed E-state index contributed by atoms with van der Waals surface area (Å²) in [7, 11) is 3.66. The Kier molecular flexibility index (Phi) is 6.03. The van der Waals surface area contributed by atoms with Gasteiger partial charge in [0.15, 0.2) is 11.8 Å². The average molecular weight is 357 g/mol. The second-order valence-electron chi connectivity index (χ2n) is 7.11. The summed E-state index contributed by atoms with van der Waals surface area (Å²) in [5, 5.41) is 0. The first-order valence-corrected chi connectivity index (χ1v) is 8.87. The summed E-state index contributed by atoms with van der Waals surface area (Å²) in [6, 6.07) is 5.82. The molecule has 0 saturated heterocycles. The van der Waals surface area contributed by atoms with Crippen LogP contribution in [0.15, 0.2) is 18.2 Å². The fourth-order valence-corrected chi connectivity index (χ4v) is 3.46. The van der Waals surface area contributed by atoms with Crippen LogP contribution in [0.1, 0.15) is 57.1 Å². The maximum atomic E-state index is 13.0. The number of carbonyl (C=O) groups is 2. The van der Waals surface area contributed by atoms with Gasteiger partial charge < -0.3 is 14.6 Å². The van der Waals surface area contributed by atoms with Crippen LogP contribution in [0.2, 0.25) is 0 Å². The van der Waals surface area contributed by atoms with Crippen LogP contribution in [-0.2, 0) is 6.54 Å². The summed E-state index contributed by atoms with van der Waals surface area (Å²) in [6.45, 7) is 9.83. The zero-order valence-electron chi connectivity index (χ0n) is 16.7. The molecule has 2 rings (SSSR count). The van der Waals surface area contributed by atoms with Gasteiger partial charge in [0.05, 0.1) is 19.9 Å². The number of benzene rings is 1. The smallest absolute Gasteiger partial charge is 0.235 e. The Morgan fingerprint density at radius 3 is 2.42 bits per heavy atom. The van der Waals surface area contributed by atoms with Crippen LogP contribution in [0.4, 0.5) is 0 Å². The summed E-state index contributed by atoms with van der Waals surface area (Å²) in [6.07, 6.45) is 0.